The molecule has 2 fully saturated rings. The van der Waals surface area contributed by atoms with Gasteiger partial charge < -0.3 is 10.2 Å². The molecule has 1 N–H and O–H groups in total. The first-order valence-corrected chi connectivity index (χ1v) is 6.81. The highest BCUT2D eigenvalue weighted by molar-refractivity contribution is 5.53. The molecule has 1 saturated carbocycles. The Hall–Kier alpha value is -1.58. The Bertz CT molecular complexity index is 431. The van der Waals surface area contributed by atoms with Crippen LogP contribution in [0, 0.1) is 0 Å². The first kappa shape index (κ1) is 11.5. The monoisotopic (exact) mass is 245 g/mol. The van der Waals surface area contributed by atoms with Gasteiger partial charge in [0.05, 0.1) is 6.04 Å². The summed E-state index contributed by atoms with van der Waals surface area (Å²) >= 11 is 0. The number of nitrogens with zero attached hydrogens (tertiary/aromatic N) is 2. The molecule has 3 rings (SSSR count). The molecule has 1 aliphatic heterocycles. The van der Waals surface area contributed by atoms with Crippen LogP contribution in [0.4, 0.5) is 5.82 Å². The van der Waals surface area contributed by atoms with Crippen LogP contribution in [0.15, 0.2) is 18.3 Å². The maximum absolute atomic E-state index is 11.2. The Labute approximate surface area is 107 Å². The normalized spacial score (nSPS) is 23.8. The van der Waals surface area contributed by atoms with Crippen LogP contribution in [-0.2, 0) is 4.79 Å². The van der Waals surface area contributed by atoms with Crippen molar-refractivity contribution in [3.63, 3.8) is 0 Å². The molecule has 4 nitrogen and oxygen atoms in total. The first-order chi connectivity index (χ1) is 8.88. The molecule has 1 aromatic rings. The molecule has 1 saturated heterocycles. The molecular formula is C14H19N3O. The van der Waals surface area contributed by atoms with Crippen molar-refractivity contribution in [1.29, 1.82) is 0 Å². The molecule has 0 aromatic carbocycles. The van der Waals surface area contributed by atoms with Gasteiger partial charge in [-0.15, -0.1) is 0 Å². The number of aromatic nitrogens is 1. The Balaban J connectivity index is 1.86. The summed E-state index contributed by atoms with van der Waals surface area (Å²) in [5.41, 5.74) is 1.18. The third kappa shape index (κ3) is 2.33. The van der Waals surface area contributed by atoms with Crippen molar-refractivity contribution in [1.82, 2.24) is 9.88 Å². The van der Waals surface area contributed by atoms with E-state index in [1.165, 1.54) is 24.8 Å². The summed E-state index contributed by atoms with van der Waals surface area (Å²) < 4.78 is 0. The predicted molar refractivity (Wildman–Crippen MR) is 70.2 cm³/mol. The molecule has 2 aliphatic rings. The minimum atomic E-state index is 0.200. The molecule has 0 radical (unpaired) electrons. The van der Waals surface area contributed by atoms with Gasteiger partial charge in [0.2, 0.25) is 6.41 Å². The van der Waals surface area contributed by atoms with E-state index >= 15 is 0 Å². The van der Waals surface area contributed by atoms with Gasteiger partial charge in [-0.05, 0) is 38.2 Å². The summed E-state index contributed by atoms with van der Waals surface area (Å²) in [6, 6.07) is 4.85. The van der Waals surface area contributed by atoms with Gasteiger partial charge >= 0.3 is 0 Å². The number of rotatable bonds is 4. The number of hydrogen-bond acceptors (Lipinski definition) is 3. The Kier molecular flexibility index (Phi) is 3.17. The SMILES string of the molecule is O=CN1CCCCC1c1cccnc1NC1CC1. The molecule has 1 aromatic heterocycles. The zero-order valence-corrected chi connectivity index (χ0v) is 10.5. The number of pyridine rings is 1. The quantitative estimate of drug-likeness (QED) is 0.828. The van der Waals surface area contributed by atoms with Crippen molar-refractivity contribution in [2.75, 3.05) is 11.9 Å². The van der Waals surface area contributed by atoms with Crippen molar-refractivity contribution < 1.29 is 4.79 Å². The largest absolute Gasteiger partial charge is 0.367 e. The summed E-state index contributed by atoms with van der Waals surface area (Å²) in [6.45, 7) is 0.867. The molecule has 0 bridgehead atoms. The van der Waals surface area contributed by atoms with E-state index in [-0.39, 0.29) is 6.04 Å². The summed E-state index contributed by atoms with van der Waals surface area (Å²) in [4.78, 5) is 17.5. The summed E-state index contributed by atoms with van der Waals surface area (Å²) in [6.07, 6.45) is 8.62. The fraction of sp³-hybridized carbons (Fsp3) is 0.571. The van der Waals surface area contributed by atoms with Gasteiger partial charge in [0, 0.05) is 24.3 Å². The molecule has 2 heterocycles. The van der Waals surface area contributed by atoms with Crippen LogP contribution in [0.25, 0.3) is 0 Å². The topological polar surface area (TPSA) is 45.2 Å². The molecule has 1 aliphatic carbocycles. The van der Waals surface area contributed by atoms with Gasteiger partial charge in [0.25, 0.3) is 0 Å². The number of hydrogen-bond donors (Lipinski definition) is 1. The van der Waals surface area contributed by atoms with Crippen molar-refractivity contribution >= 4 is 12.2 Å². The minimum Gasteiger partial charge on any atom is -0.367 e. The van der Waals surface area contributed by atoms with Gasteiger partial charge in [0.15, 0.2) is 0 Å². The number of likely N-dealkylation sites (tertiary alicyclic amines) is 1. The molecule has 96 valence electrons. The number of carbonyl (C=O) groups excluding carboxylic acids is 1. The van der Waals surface area contributed by atoms with E-state index in [2.05, 4.69) is 16.4 Å². The van der Waals surface area contributed by atoms with Crippen LogP contribution in [0.3, 0.4) is 0 Å². The number of amides is 1. The lowest BCUT2D eigenvalue weighted by molar-refractivity contribution is -0.121. The molecule has 1 atom stereocenters. The number of piperidine rings is 1. The van der Waals surface area contributed by atoms with E-state index in [9.17, 15) is 4.79 Å². The first-order valence-electron chi connectivity index (χ1n) is 6.81. The molecule has 4 heteroatoms. The minimum absolute atomic E-state index is 0.200. The van der Waals surface area contributed by atoms with E-state index < -0.39 is 0 Å². The fourth-order valence-corrected chi connectivity index (χ4v) is 2.64. The zero-order chi connectivity index (χ0) is 12.4. The van der Waals surface area contributed by atoms with E-state index in [0.717, 1.165) is 31.6 Å². The van der Waals surface area contributed by atoms with Gasteiger partial charge in [-0.1, -0.05) is 6.07 Å². The molecule has 0 spiro atoms. The second-order valence-corrected chi connectivity index (χ2v) is 5.21. The number of nitrogens with one attached hydrogen (secondary N) is 1. The molecule has 1 unspecified atom stereocenters. The van der Waals surface area contributed by atoms with Crippen LogP contribution in [0.2, 0.25) is 0 Å². The van der Waals surface area contributed by atoms with Crippen LogP contribution >= 0.6 is 0 Å². The van der Waals surface area contributed by atoms with E-state index in [1.807, 2.05) is 17.2 Å². The lowest BCUT2D eigenvalue weighted by Crippen LogP contribution is -2.32. The third-order valence-corrected chi connectivity index (χ3v) is 3.80. The smallest absolute Gasteiger partial charge is 0.210 e. The summed E-state index contributed by atoms with van der Waals surface area (Å²) in [5.74, 6) is 0.971. The van der Waals surface area contributed by atoms with Crippen LogP contribution in [0.1, 0.15) is 43.7 Å². The average molecular weight is 245 g/mol. The molecular weight excluding hydrogens is 226 g/mol. The average Bonchev–Trinajstić information content (AvgIpc) is 3.23. The van der Waals surface area contributed by atoms with Crippen molar-refractivity contribution in [3.05, 3.63) is 23.9 Å². The highest BCUT2D eigenvalue weighted by Crippen LogP contribution is 2.34. The molecule has 18 heavy (non-hydrogen) atoms. The zero-order valence-electron chi connectivity index (χ0n) is 10.5. The lowest BCUT2D eigenvalue weighted by atomic mass is 9.96. The van der Waals surface area contributed by atoms with Gasteiger partial charge in [-0.3, -0.25) is 4.79 Å². The maximum atomic E-state index is 11.2. The van der Waals surface area contributed by atoms with Crippen LogP contribution < -0.4 is 5.32 Å². The predicted octanol–water partition coefficient (Wildman–Crippen LogP) is 2.34. The van der Waals surface area contributed by atoms with Crippen molar-refractivity contribution in [2.24, 2.45) is 0 Å². The Morgan fingerprint density at radius 1 is 1.33 bits per heavy atom. The maximum Gasteiger partial charge on any atom is 0.210 e. The van der Waals surface area contributed by atoms with Gasteiger partial charge in [-0.25, -0.2) is 4.98 Å². The lowest BCUT2D eigenvalue weighted by Gasteiger charge is -2.33. The van der Waals surface area contributed by atoms with Gasteiger partial charge in [-0.2, -0.15) is 0 Å². The van der Waals surface area contributed by atoms with E-state index in [4.69, 9.17) is 0 Å². The second kappa shape index (κ2) is 4.96. The standard InChI is InChI=1S/C14H19N3O/c18-10-17-9-2-1-5-13(17)12-4-3-8-15-14(12)16-11-6-7-11/h3-4,8,10-11,13H,1-2,5-7,9H2,(H,15,16). The second-order valence-electron chi connectivity index (χ2n) is 5.21. The molecule has 1 amide bonds. The summed E-state index contributed by atoms with van der Waals surface area (Å²) in [5, 5.41) is 3.47. The number of anilines is 1. The third-order valence-electron chi connectivity index (χ3n) is 3.80. The fourth-order valence-electron chi connectivity index (χ4n) is 2.64. The van der Waals surface area contributed by atoms with Crippen molar-refractivity contribution in [2.45, 2.75) is 44.2 Å². The summed E-state index contributed by atoms with van der Waals surface area (Å²) in [7, 11) is 0. The van der Waals surface area contributed by atoms with Crippen molar-refractivity contribution in [3.8, 4) is 0 Å². The van der Waals surface area contributed by atoms with E-state index in [0.29, 0.717) is 6.04 Å². The van der Waals surface area contributed by atoms with E-state index in [1.54, 1.807) is 0 Å². The van der Waals surface area contributed by atoms with Crippen LogP contribution in [-0.4, -0.2) is 28.9 Å². The Morgan fingerprint density at radius 3 is 3.00 bits per heavy atom. The Morgan fingerprint density at radius 2 is 2.22 bits per heavy atom. The van der Waals surface area contributed by atoms with Gasteiger partial charge in [0.1, 0.15) is 5.82 Å². The highest BCUT2D eigenvalue weighted by Gasteiger charge is 2.28. The highest BCUT2D eigenvalue weighted by atomic mass is 16.1. The van der Waals surface area contributed by atoms with Crippen LogP contribution in [0.5, 0.6) is 0 Å². The number of carbonyl (C=O) groups is 1.